The van der Waals surface area contributed by atoms with E-state index in [9.17, 15) is 14.5 Å². The van der Waals surface area contributed by atoms with E-state index in [2.05, 4.69) is 0 Å². The molecule has 3 N–H and O–H groups in total. The van der Waals surface area contributed by atoms with E-state index in [0.29, 0.717) is 0 Å². The molecular weight excluding hydrogens is 301 g/mol. The van der Waals surface area contributed by atoms with Crippen LogP contribution in [0.1, 0.15) is 5.56 Å². The van der Waals surface area contributed by atoms with Crippen molar-refractivity contribution in [2.75, 3.05) is 0 Å². The van der Waals surface area contributed by atoms with Crippen LogP contribution in [0.25, 0.3) is 0 Å². The van der Waals surface area contributed by atoms with Crippen molar-refractivity contribution in [1.82, 2.24) is 0 Å². The predicted molar refractivity (Wildman–Crippen MR) is 75.6 cm³/mol. The number of hydrogen-bond donors (Lipinski definition) is 2. The maximum atomic E-state index is 13.8. The standard InChI is InChI=1S/C13H9ClFN3O3/c14-8-2-4-12(10(6-8)18(19)20)21-11-3-1-7(13(16)17)5-9(11)15/h1-6H,(H3,16,17). The number of nitro benzene ring substituents is 1. The Balaban J connectivity index is 2.39. The number of benzene rings is 2. The summed E-state index contributed by atoms with van der Waals surface area (Å²) >= 11 is 5.68. The fourth-order valence-electron chi connectivity index (χ4n) is 1.59. The first-order chi connectivity index (χ1) is 9.88. The van der Waals surface area contributed by atoms with E-state index in [-0.39, 0.29) is 33.6 Å². The number of nitrogens with one attached hydrogen (secondary N) is 1. The average molecular weight is 310 g/mol. The molecule has 108 valence electrons. The van der Waals surface area contributed by atoms with Crippen molar-refractivity contribution in [2.24, 2.45) is 5.73 Å². The molecule has 21 heavy (non-hydrogen) atoms. The van der Waals surface area contributed by atoms with Crippen LogP contribution in [-0.4, -0.2) is 10.8 Å². The van der Waals surface area contributed by atoms with Crippen LogP contribution in [-0.2, 0) is 0 Å². The van der Waals surface area contributed by atoms with Gasteiger partial charge in [0.25, 0.3) is 0 Å². The summed E-state index contributed by atoms with van der Waals surface area (Å²) < 4.78 is 19.0. The summed E-state index contributed by atoms with van der Waals surface area (Å²) in [7, 11) is 0. The number of nitrogens with two attached hydrogens (primary N) is 1. The van der Waals surface area contributed by atoms with Crippen LogP contribution in [0.15, 0.2) is 36.4 Å². The first-order valence-electron chi connectivity index (χ1n) is 5.64. The van der Waals surface area contributed by atoms with E-state index >= 15 is 0 Å². The second kappa shape index (κ2) is 5.76. The monoisotopic (exact) mass is 309 g/mol. The Hall–Kier alpha value is -2.67. The van der Waals surface area contributed by atoms with Gasteiger partial charge in [0.2, 0.25) is 5.75 Å². The summed E-state index contributed by atoms with van der Waals surface area (Å²) in [6.45, 7) is 0. The molecular formula is C13H9ClFN3O3. The van der Waals surface area contributed by atoms with Gasteiger partial charge in [0.15, 0.2) is 11.6 Å². The molecule has 0 amide bonds. The van der Waals surface area contributed by atoms with Crippen molar-refractivity contribution in [3.05, 3.63) is 62.9 Å². The molecule has 0 saturated heterocycles. The highest BCUT2D eigenvalue weighted by atomic mass is 35.5. The average Bonchev–Trinajstić information content (AvgIpc) is 2.42. The minimum absolute atomic E-state index is 0.140. The molecule has 0 atom stereocenters. The number of amidine groups is 1. The minimum atomic E-state index is -0.785. The highest BCUT2D eigenvalue weighted by Gasteiger charge is 2.18. The Labute approximate surface area is 123 Å². The van der Waals surface area contributed by atoms with Gasteiger partial charge in [-0.15, -0.1) is 0 Å². The van der Waals surface area contributed by atoms with Gasteiger partial charge in [-0.3, -0.25) is 15.5 Å². The Morgan fingerprint density at radius 3 is 2.52 bits per heavy atom. The van der Waals surface area contributed by atoms with Crippen LogP contribution in [0.4, 0.5) is 10.1 Å². The number of hydrogen-bond acceptors (Lipinski definition) is 4. The van der Waals surface area contributed by atoms with Crippen molar-refractivity contribution >= 4 is 23.1 Å². The Bertz CT molecular complexity index is 737. The van der Waals surface area contributed by atoms with Crippen LogP contribution >= 0.6 is 11.6 Å². The lowest BCUT2D eigenvalue weighted by Gasteiger charge is -2.08. The normalized spacial score (nSPS) is 10.2. The molecule has 0 bridgehead atoms. The van der Waals surface area contributed by atoms with Gasteiger partial charge in [-0.25, -0.2) is 4.39 Å². The highest BCUT2D eigenvalue weighted by molar-refractivity contribution is 6.30. The maximum Gasteiger partial charge on any atom is 0.313 e. The summed E-state index contributed by atoms with van der Waals surface area (Å²) in [5.41, 5.74) is 5.05. The SMILES string of the molecule is N=C(N)c1ccc(Oc2ccc(Cl)cc2[N+](=O)[O-])c(F)c1. The Morgan fingerprint density at radius 1 is 1.29 bits per heavy atom. The smallest absolute Gasteiger partial charge is 0.313 e. The van der Waals surface area contributed by atoms with Gasteiger partial charge < -0.3 is 10.5 Å². The molecule has 0 aromatic heterocycles. The van der Waals surface area contributed by atoms with Gasteiger partial charge in [0.1, 0.15) is 5.84 Å². The third kappa shape index (κ3) is 3.26. The van der Waals surface area contributed by atoms with Crippen molar-refractivity contribution in [2.45, 2.75) is 0 Å². The van der Waals surface area contributed by atoms with Gasteiger partial charge in [-0.2, -0.15) is 0 Å². The van der Waals surface area contributed by atoms with Gasteiger partial charge in [0, 0.05) is 16.7 Å². The molecule has 0 spiro atoms. The Kier molecular flexibility index (Phi) is 4.04. The number of ether oxygens (including phenoxy) is 1. The summed E-state index contributed by atoms with van der Waals surface area (Å²) in [6, 6.07) is 7.41. The molecule has 0 fully saturated rings. The van der Waals surface area contributed by atoms with Gasteiger partial charge in [-0.1, -0.05) is 11.6 Å². The van der Waals surface area contributed by atoms with Crippen LogP contribution in [0.5, 0.6) is 11.5 Å². The minimum Gasteiger partial charge on any atom is -0.447 e. The largest absolute Gasteiger partial charge is 0.447 e. The molecule has 0 radical (unpaired) electrons. The number of halogens is 2. The molecule has 0 unspecified atom stereocenters. The first kappa shape index (κ1) is 14.7. The number of rotatable bonds is 4. The maximum absolute atomic E-state index is 13.8. The second-order valence-corrected chi connectivity index (χ2v) is 4.47. The fraction of sp³-hybridized carbons (Fsp3) is 0. The molecule has 2 aromatic rings. The molecule has 2 aromatic carbocycles. The quantitative estimate of drug-likeness (QED) is 0.390. The van der Waals surface area contributed by atoms with Gasteiger partial charge in [-0.05, 0) is 30.3 Å². The van der Waals surface area contributed by atoms with E-state index in [0.717, 1.165) is 12.1 Å². The lowest BCUT2D eigenvalue weighted by Crippen LogP contribution is -2.11. The van der Waals surface area contributed by atoms with E-state index in [1.807, 2.05) is 0 Å². The first-order valence-corrected chi connectivity index (χ1v) is 6.02. The summed E-state index contributed by atoms with van der Waals surface area (Å²) in [5.74, 6) is -1.44. The molecule has 0 heterocycles. The molecule has 2 rings (SSSR count). The summed E-state index contributed by atoms with van der Waals surface area (Å²) in [6.07, 6.45) is 0. The highest BCUT2D eigenvalue weighted by Crippen LogP contribution is 2.34. The van der Waals surface area contributed by atoms with Crippen LogP contribution in [0.2, 0.25) is 5.02 Å². The number of nitro groups is 1. The van der Waals surface area contributed by atoms with Crippen LogP contribution in [0, 0.1) is 21.3 Å². The number of nitrogen functional groups attached to an aromatic ring is 1. The fourth-order valence-corrected chi connectivity index (χ4v) is 1.76. The third-order valence-corrected chi connectivity index (χ3v) is 2.82. The van der Waals surface area contributed by atoms with E-state index in [4.69, 9.17) is 27.5 Å². The van der Waals surface area contributed by atoms with Crippen molar-refractivity contribution < 1.29 is 14.1 Å². The lowest BCUT2D eigenvalue weighted by molar-refractivity contribution is -0.385. The molecule has 0 saturated carbocycles. The predicted octanol–water partition coefficient (Wildman–Crippen LogP) is 3.46. The van der Waals surface area contributed by atoms with Crippen LogP contribution < -0.4 is 10.5 Å². The summed E-state index contributed by atoms with van der Waals surface area (Å²) in [5, 5.41) is 18.3. The third-order valence-electron chi connectivity index (χ3n) is 2.58. The van der Waals surface area contributed by atoms with E-state index < -0.39 is 10.7 Å². The molecule has 0 aliphatic heterocycles. The lowest BCUT2D eigenvalue weighted by atomic mass is 10.2. The van der Waals surface area contributed by atoms with Gasteiger partial charge >= 0.3 is 5.69 Å². The van der Waals surface area contributed by atoms with Crippen molar-refractivity contribution in [3.63, 3.8) is 0 Å². The summed E-state index contributed by atoms with van der Waals surface area (Å²) in [4.78, 5) is 10.2. The number of nitrogens with zero attached hydrogens (tertiary/aromatic N) is 1. The second-order valence-electron chi connectivity index (χ2n) is 4.03. The van der Waals surface area contributed by atoms with Crippen molar-refractivity contribution in [1.29, 1.82) is 5.41 Å². The van der Waals surface area contributed by atoms with E-state index in [1.165, 1.54) is 24.3 Å². The zero-order chi connectivity index (χ0) is 15.6. The molecule has 0 aliphatic carbocycles. The zero-order valence-electron chi connectivity index (χ0n) is 10.5. The topological polar surface area (TPSA) is 102 Å². The Morgan fingerprint density at radius 2 is 1.95 bits per heavy atom. The molecule has 8 heteroatoms. The zero-order valence-corrected chi connectivity index (χ0v) is 11.2. The van der Waals surface area contributed by atoms with Crippen LogP contribution in [0.3, 0.4) is 0 Å². The molecule has 0 aliphatic rings. The van der Waals surface area contributed by atoms with Gasteiger partial charge in [0.05, 0.1) is 4.92 Å². The van der Waals surface area contributed by atoms with Crippen molar-refractivity contribution in [3.8, 4) is 11.5 Å². The molecule has 6 nitrogen and oxygen atoms in total. The van der Waals surface area contributed by atoms with E-state index in [1.54, 1.807) is 0 Å².